The van der Waals surface area contributed by atoms with E-state index in [1.165, 1.54) is 0 Å². The number of aromatic carboxylic acids is 1. The normalized spacial score (nSPS) is 23.6. The summed E-state index contributed by atoms with van der Waals surface area (Å²) in [6.45, 7) is 4.96. The molecule has 1 heterocycles. The van der Waals surface area contributed by atoms with Crippen LogP contribution in [0.15, 0.2) is 36.9 Å². The Morgan fingerprint density at radius 2 is 1.94 bits per heavy atom. The minimum absolute atomic E-state index is 0.263. The third kappa shape index (κ3) is 2.97. The lowest BCUT2D eigenvalue weighted by molar-refractivity contribution is -0.204. The van der Waals surface area contributed by atoms with Crippen molar-refractivity contribution in [3.05, 3.63) is 48.0 Å². The predicted octanol–water partition coefficient (Wildman–Crippen LogP) is 2.62. The summed E-state index contributed by atoms with van der Waals surface area (Å²) in [4.78, 5) is 10.7. The fourth-order valence-electron chi connectivity index (χ4n) is 1.89. The van der Waals surface area contributed by atoms with Crippen LogP contribution in [-0.4, -0.2) is 24.3 Å². The molecule has 1 saturated heterocycles. The molecule has 0 atom stereocenters. The molecule has 0 spiro atoms. The van der Waals surface area contributed by atoms with Gasteiger partial charge in [0, 0.05) is 11.5 Å². The summed E-state index contributed by atoms with van der Waals surface area (Å²) in [7, 11) is 0. The van der Waals surface area contributed by atoms with E-state index < -0.39 is 12.3 Å². The Labute approximate surface area is 106 Å². The first kappa shape index (κ1) is 12.8. The van der Waals surface area contributed by atoms with Crippen LogP contribution in [-0.2, 0) is 9.47 Å². The first-order chi connectivity index (χ1) is 8.70. The number of allylic oxidation sites excluding steroid dienone is 1. The highest BCUT2D eigenvalue weighted by atomic mass is 16.7. The molecule has 1 fully saturated rings. The highest BCUT2D eigenvalue weighted by Crippen LogP contribution is 2.26. The quantitative estimate of drug-likeness (QED) is 0.832. The van der Waals surface area contributed by atoms with Crippen LogP contribution in [0.4, 0.5) is 0 Å². The second kappa shape index (κ2) is 5.80. The van der Waals surface area contributed by atoms with Crippen LogP contribution in [0.3, 0.4) is 0 Å². The van der Waals surface area contributed by atoms with Crippen molar-refractivity contribution >= 4 is 5.97 Å². The van der Waals surface area contributed by atoms with Crippen LogP contribution in [0, 0.1) is 5.92 Å². The Hall–Kier alpha value is -1.65. The van der Waals surface area contributed by atoms with Gasteiger partial charge in [0.2, 0.25) is 0 Å². The number of carbonyl (C=O) groups is 1. The average molecular weight is 248 g/mol. The van der Waals surface area contributed by atoms with Crippen molar-refractivity contribution in [3.63, 3.8) is 0 Å². The van der Waals surface area contributed by atoms with Crippen LogP contribution < -0.4 is 0 Å². The number of carboxylic acid groups (broad SMARTS) is 1. The molecule has 0 aliphatic carbocycles. The van der Waals surface area contributed by atoms with Crippen molar-refractivity contribution in [3.8, 4) is 0 Å². The van der Waals surface area contributed by atoms with Gasteiger partial charge in [0.05, 0.1) is 18.8 Å². The van der Waals surface area contributed by atoms with Crippen molar-refractivity contribution in [2.75, 3.05) is 13.2 Å². The molecular weight excluding hydrogens is 232 g/mol. The summed E-state index contributed by atoms with van der Waals surface area (Å²) in [6.07, 6.45) is 2.35. The van der Waals surface area contributed by atoms with E-state index in [-0.39, 0.29) is 5.56 Å². The summed E-state index contributed by atoms with van der Waals surface area (Å²) in [5.74, 6) is -0.574. The van der Waals surface area contributed by atoms with Crippen molar-refractivity contribution in [2.24, 2.45) is 5.92 Å². The standard InChI is InChI=1S/C14H16O4/c1-2-3-10-8-17-14(18-9-10)12-6-4-11(5-7-12)13(15)16/h2,4-7,10,14H,1,3,8-9H2,(H,15,16). The van der Waals surface area contributed by atoms with Crippen molar-refractivity contribution in [1.29, 1.82) is 0 Å². The Kier molecular flexibility index (Phi) is 4.12. The van der Waals surface area contributed by atoms with E-state index in [1.807, 2.05) is 6.08 Å². The average Bonchev–Trinajstić information content (AvgIpc) is 2.40. The molecule has 1 aliphatic heterocycles. The molecule has 0 saturated carbocycles. The zero-order valence-electron chi connectivity index (χ0n) is 10.0. The second-order valence-corrected chi connectivity index (χ2v) is 4.32. The summed E-state index contributed by atoms with van der Waals surface area (Å²) < 4.78 is 11.2. The van der Waals surface area contributed by atoms with Crippen LogP contribution in [0.1, 0.15) is 28.6 Å². The third-order valence-corrected chi connectivity index (χ3v) is 2.90. The number of carboxylic acids is 1. The van der Waals surface area contributed by atoms with Gasteiger partial charge >= 0.3 is 5.97 Å². The maximum absolute atomic E-state index is 10.7. The zero-order chi connectivity index (χ0) is 13.0. The fraction of sp³-hybridized carbons (Fsp3) is 0.357. The van der Waals surface area contributed by atoms with Crippen LogP contribution in [0.5, 0.6) is 0 Å². The van der Waals surface area contributed by atoms with Gasteiger partial charge < -0.3 is 14.6 Å². The second-order valence-electron chi connectivity index (χ2n) is 4.32. The van der Waals surface area contributed by atoms with E-state index in [4.69, 9.17) is 14.6 Å². The molecule has 4 heteroatoms. The van der Waals surface area contributed by atoms with Gasteiger partial charge in [0.1, 0.15) is 0 Å². The van der Waals surface area contributed by atoms with Crippen molar-refractivity contribution < 1.29 is 19.4 Å². The topological polar surface area (TPSA) is 55.8 Å². The molecule has 1 aromatic carbocycles. The van der Waals surface area contributed by atoms with E-state index in [2.05, 4.69) is 6.58 Å². The molecule has 1 N–H and O–H groups in total. The van der Waals surface area contributed by atoms with Gasteiger partial charge in [-0.05, 0) is 18.6 Å². The SMILES string of the molecule is C=CCC1COC(c2ccc(C(=O)O)cc2)OC1. The fourth-order valence-corrected chi connectivity index (χ4v) is 1.89. The number of hydrogen-bond acceptors (Lipinski definition) is 3. The molecule has 0 bridgehead atoms. The molecule has 1 aromatic rings. The largest absolute Gasteiger partial charge is 0.478 e. The van der Waals surface area contributed by atoms with E-state index in [0.29, 0.717) is 19.1 Å². The summed E-state index contributed by atoms with van der Waals surface area (Å²) in [6, 6.07) is 6.56. The maximum atomic E-state index is 10.7. The molecule has 0 unspecified atom stereocenters. The van der Waals surface area contributed by atoms with E-state index in [0.717, 1.165) is 12.0 Å². The van der Waals surface area contributed by atoms with E-state index in [9.17, 15) is 4.79 Å². The lowest BCUT2D eigenvalue weighted by atomic mass is 10.1. The molecule has 2 rings (SSSR count). The maximum Gasteiger partial charge on any atom is 0.335 e. The summed E-state index contributed by atoms with van der Waals surface area (Å²) in [5.41, 5.74) is 1.11. The minimum atomic E-state index is -0.932. The molecule has 0 amide bonds. The smallest absolute Gasteiger partial charge is 0.335 e. The first-order valence-electron chi connectivity index (χ1n) is 5.88. The minimum Gasteiger partial charge on any atom is -0.478 e. The summed E-state index contributed by atoms with van der Waals surface area (Å²) >= 11 is 0. The highest BCUT2D eigenvalue weighted by Gasteiger charge is 2.22. The van der Waals surface area contributed by atoms with Crippen LogP contribution >= 0.6 is 0 Å². The zero-order valence-corrected chi connectivity index (χ0v) is 10.0. The van der Waals surface area contributed by atoms with Gasteiger partial charge in [0.25, 0.3) is 0 Å². The van der Waals surface area contributed by atoms with E-state index in [1.54, 1.807) is 24.3 Å². The first-order valence-corrected chi connectivity index (χ1v) is 5.88. The molecule has 18 heavy (non-hydrogen) atoms. The van der Waals surface area contributed by atoms with Crippen molar-refractivity contribution in [2.45, 2.75) is 12.7 Å². The lowest BCUT2D eigenvalue weighted by Crippen LogP contribution is -2.26. The Morgan fingerprint density at radius 3 is 2.44 bits per heavy atom. The van der Waals surface area contributed by atoms with Gasteiger partial charge in [-0.2, -0.15) is 0 Å². The monoisotopic (exact) mass is 248 g/mol. The van der Waals surface area contributed by atoms with Gasteiger partial charge in [0.15, 0.2) is 6.29 Å². The number of ether oxygens (including phenoxy) is 2. The van der Waals surface area contributed by atoms with Gasteiger partial charge in [-0.1, -0.05) is 18.2 Å². The molecule has 96 valence electrons. The van der Waals surface area contributed by atoms with Gasteiger partial charge in [-0.25, -0.2) is 4.79 Å². The molecular formula is C14H16O4. The number of rotatable bonds is 4. The molecule has 0 radical (unpaired) electrons. The van der Waals surface area contributed by atoms with Gasteiger partial charge in [-0.3, -0.25) is 0 Å². The molecule has 0 aromatic heterocycles. The highest BCUT2D eigenvalue weighted by molar-refractivity contribution is 5.87. The Balaban J connectivity index is 1.97. The summed E-state index contributed by atoms with van der Waals surface area (Å²) in [5, 5.41) is 8.81. The van der Waals surface area contributed by atoms with Crippen LogP contribution in [0.25, 0.3) is 0 Å². The van der Waals surface area contributed by atoms with Crippen molar-refractivity contribution in [1.82, 2.24) is 0 Å². The van der Waals surface area contributed by atoms with Crippen LogP contribution in [0.2, 0.25) is 0 Å². The number of hydrogen-bond donors (Lipinski definition) is 1. The molecule has 4 nitrogen and oxygen atoms in total. The van der Waals surface area contributed by atoms with Gasteiger partial charge in [-0.15, -0.1) is 6.58 Å². The third-order valence-electron chi connectivity index (χ3n) is 2.90. The lowest BCUT2D eigenvalue weighted by Gasteiger charge is -2.29. The van der Waals surface area contributed by atoms with E-state index >= 15 is 0 Å². The Bertz CT molecular complexity index is 416. The Morgan fingerprint density at radius 1 is 1.33 bits per heavy atom. The predicted molar refractivity (Wildman–Crippen MR) is 66.4 cm³/mol. The molecule has 1 aliphatic rings. The number of benzene rings is 1.